The van der Waals surface area contributed by atoms with Gasteiger partial charge in [-0.1, -0.05) is 57.4 Å². The van der Waals surface area contributed by atoms with Crippen molar-refractivity contribution in [3.8, 4) is 5.75 Å². The van der Waals surface area contributed by atoms with E-state index < -0.39 is 11.6 Å². The van der Waals surface area contributed by atoms with Gasteiger partial charge in [0, 0.05) is 6.07 Å². The van der Waals surface area contributed by atoms with Gasteiger partial charge < -0.3 is 4.74 Å². The van der Waals surface area contributed by atoms with E-state index in [4.69, 9.17) is 4.74 Å². The Kier molecular flexibility index (Phi) is 8.62. The third kappa shape index (κ3) is 6.15. The Morgan fingerprint density at radius 1 is 0.903 bits per heavy atom. The second-order valence-electron chi connectivity index (χ2n) is 8.52. The van der Waals surface area contributed by atoms with E-state index in [-0.39, 0.29) is 11.7 Å². The maximum atomic E-state index is 14.7. The molecule has 2 aromatic rings. The predicted molar refractivity (Wildman–Crippen MR) is 120 cm³/mol. The Morgan fingerprint density at radius 3 is 2.39 bits per heavy atom. The van der Waals surface area contributed by atoms with Crippen LogP contribution in [0.1, 0.15) is 81.4 Å². The third-order valence-corrected chi connectivity index (χ3v) is 6.15. The number of unbranched alkanes of at least 4 members (excludes halogenated alkanes) is 2. The van der Waals surface area contributed by atoms with Crippen molar-refractivity contribution in [1.29, 1.82) is 0 Å². The standard InChI is InChI=1S/C27H33F3O/c1-3-5-6-8-22-14-16-24(27(30)26(22)29)20-11-9-19(10-12-20)18-31-23-15-13-21(7-4-2)25(28)17-23/h9,13-17,20H,3-8,10-12,18H2,1-2H3. The number of rotatable bonds is 10. The molecule has 0 bridgehead atoms. The fraction of sp³-hybridized carbons (Fsp3) is 0.481. The molecule has 1 aliphatic rings. The lowest BCUT2D eigenvalue weighted by Gasteiger charge is -2.23. The molecule has 4 heteroatoms. The highest BCUT2D eigenvalue weighted by molar-refractivity contribution is 5.32. The monoisotopic (exact) mass is 430 g/mol. The minimum Gasteiger partial charge on any atom is -0.489 e. The molecule has 1 nitrogen and oxygen atoms in total. The maximum absolute atomic E-state index is 14.7. The van der Waals surface area contributed by atoms with Crippen molar-refractivity contribution in [3.05, 3.63) is 76.1 Å². The van der Waals surface area contributed by atoms with Crippen LogP contribution < -0.4 is 4.74 Å². The normalized spacial score (nSPS) is 16.3. The number of hydrogen-bond donors (Lipinski definition) is 0. The van der Waals surface area contributed by atoms with Crippen molar-refractivity contribution in [2.45, 2.75) is 77.6 Å². The molecular formula is C27H33F3O. The van der Waals surface area contributed by atoms with Crippen LogP contribution in [-0.2, 0) is 12.8 Å². The first-order valence-corrected chi connectivity index (χ1v) is 11.6. The van der Waals surface area contributed by atoms with Gasteiger partial charge >= 0.3 is 0 Å². The lowest BCUT2D eigenvalue weighted by atomic mass is 9.84. The first kappa shape index (κ1) is 23.4. The number of ether oxygens (including phenoxy) is 1. The molecule has 0 N–H and O–H groups in total. The van der Waals surface area contributed by atoms with E-state index in [1.165, 1.54) is 6.07 Å². The summed E-state index contributed by atoms with van der Waals surface area (Å²) in [4.78, 5) is 0. The molecule has 0 radical (unpaired) electrons. The molecule has 0 spiro atoms. The van der Waals surface area contributed by atoms with Crippen molar-refractivity contribution >= 4 is 0 Å². The highest BCUT2D eigenvalue weighted by Gasteiger charge is 2.23. The van der Waals surface area contributed by atoms with Crippen LogP contribution in [0.2, 0.25) is 0 Å². The van der Waals surface area contributed by atoms with Crippen LogP contribution in [-0.4, -0.2) is 6.61 Å². The van der Waals surface area contributed by atoms with E-state index in [0.717, 1.165) is 50.5 Å². The van der Waals surface area contributed by atoms with E-state index in [1.54, 1.807) is 24.3 Å². The van der Waals surface area contributed by atoms with Crippen LogP contribution in [0.15, 0.2) is 42.0 Å². The molecule has 1 atom stereocenters. The van der Waals surface area contributed by atoms with Crippen molar-refractivity contribution in [1.82, 2.24) is 0 Å². The van der Waals surface area contributed by atoms with E-state index in [0.29, 0.717) is 41.9 Å². The van der Waals surface area contributed by atoms with Crippen LogP contribution in [0.3, 0.4) is 0 Å². The summed E-state index contributed by atoms with van der Waals surface area (Å²) in [7, 11) is 0. The van der Waals surface area contributed by atoms with Gasteiger partial charge in [-0.2, -0.15) is 0 Å². The number of aryl methyl sites for hydroxylation is 2. The van der Waals surface area contributed by atoms with Gasteiger partial charge in [0.25, 0.3) is 0 Å². The molecule has 0 aliphatic heterocycles. The fourth-order valence-electron chi connectivity index (χ4n) is 4.25. The Labute approximate surface area is 184 Å². The van der Waals surface area contributed by atoms with Crippen molar-refractivity contribution in [2.24, 2.45) is 0 Å². The zero-order chi connectivity index (χ0) is 22.2. The SMILES string of the molecule is CCCCCc1ccc(C2CC=C(COc3ccc(CCC)c(F)c3)CC2)c(F)c1F. The summed E-state index contributed by atoms with van der Waals surface area (Å²) in [6, 6.07) is 8.55. The molecule has 2 aromatic carbocycles. The molecule has 0 heterocycles. The highest BCUT2D eigenvalue weighted by atomic mass is 19.2. The summed E-state index contributed by atoms with van der Waals surface area (Å²) >= 11 is 0. The number of allylic oxidation sites excluding steroid dienone is 1. The Hall–Kier alpha value is -2.23. The zero-order valence-corrected chi connectivity index (χ0v) is 18.7. The number of halogens is 3. The predicted octanol–water partition coefficient (Wildman–Crippen LogP) is 8.06. The molecule has 0 saturated carbocycles. The molecule has 1 unspecified atom stereocenters. The molecule has 0 amide bonds. The number of benzene rings is 2. The van der Waals surface area contributed by atoms with Gasteiger partial charge in [0.05, 0.1) is 0 Å². The van der Waals surface area contributed by atoms with Gasteiger partial charge in [-0.3, -0.25) is 0 Å². The molecule has 1 aliphatic carbocycles. The van der Waals surface area contributed by atoms with Gasteiger partial charge in [0.1, 0.15) is 18.2 Å². The summed E-state index contributed by atoms with van der Waals surface area (Å²) < 4.78 is 49.0. The minimum atomic E-state index is -0.685. The van der Waals surface area contributed by atoms with Crippen molar-refractivity contribution in [3.63, 3.8) is 0 Å². The van der Waals surface area contributed by atoms with E-state index >= 15 is 0 Å². The van der Waals surface area contributed by atoms with Gasteiger partial charge in [0.2, 0.25) is 0 Å². The lowest BCUT2D eigenvalue weighted by Crippen LogP contribution is -2.12. The second-order valence-corrected chi connectivity index (χ2v) is 8.52. The van der Waals surface area contributed by atoms with Crippen LogP contribution >= 0.6 is 0 Å². The quantitative estimate of drug-likeness (QED) is 0.274. The van der Waals surface area contributed by atoms with Gasteiger partial charge in [-0.15, -0.1) is 0 Å². The Bertz CT molecular complexity index is 904. The van der Waals surface area contributed by atoms with Gasteiger partial charge in [0.15, 0.2) is 11.6 Å². The molecule has 0 aromatic heterocycles. The highest BCUT2D eigenvalue weighted by Crippen LogP contribution is 2.35. The Morgan fingerprint density at radius 2 is 1.71 bits per heavy atom. The summed E-state index contributed by atoms with van der Waals surface area (Å²) in [5, 5.41) is 0. The molecule has 31 heavy (non-hydrogen) atoms. The molecule has 3 rings (SSSR count). The second kappa shape index (κ2) is 11.4. The van der Waals surface area contributed by atoms with Crippen LogP contribution in [0.5, 0.6) is 5.75 Å². The summed E-state index contributed by atoms with van der Waals surface area (Å²) in [6.07, 6.45) is 9.41. The molecule has 0 saturated heterocycles. The Balaban J connectivity index is 1.57. The van der Waals surface area contributed by atoms with Crippen LogP contribution in [0, 0.1) is 17.5 Å². The number of hydrogen-bond acceptors (Lipinski definition) is 1. The topological polar surface area (TPSA) is 9.23 Å². The van der Waals surface area contributed by atoms with E-state index in [9.17, 15) is 13.2 Å². The van der Waals surface area contributed by atoms with Gasteiger partial charge in [-0.05, 0) is 72.8 Å². The first-order valence-electron chi connectivity index (χ1n) is 11.6. The summed E-state index contributed by atoms with van der Waals surface area (Å²) in [5.41, 5.74) is 2.78. The minimum absolute atomic E-state index is 0.0197. The van der Waals surface area contributed by atoms with Gasteiger partial charge in [-0.25, -0.2) is 13.2 Å². The van der Waals surface area contributed by atoms with Crippen molar-refractivity contribution < 1.29 is 17.9 Å². The molecule has 168 valence electrons. The van der Waals surface area contributed by atoms with E-state index in [2.05, 4.69) is 13.0 Å². The average molecular weight is 431 g/mol. The lowest BCUT2D eigenvalue weighted by molar-refractivity contribution is 0.338. The third-order valence-electron chi connectivity index (χ3n) is 6.15. The largest absolute Gasteiger partial charge is 0.489 e. The molecular weight excluding hydrogens is 397 g/mol. The van der Waals surface area contributed by atoms with Crippen LogP contribution in [0.4, 0.5) is 13.2 Å². The summed E-state index contributed by atoms with van der Waals surface area (Å²) in [6.45, 7) is 4.51. The zero-order valence-electron chi connectivity index (χ0n) is 18.7. The molecule has 0 fully saturated rings. The summed E-state index contributed by atoms with van der Waals surface area (Å²) in [5.74, 6) is -1.09. The fourth-order valence-corrected chi connectivity index (χ4v) is 4.25. The average Bonchev–Trinajstić information content (AvgIpc) is 2.78. The first-order chi connectivity index (χ1) is 15.0. The maximum Gasteiger partial charge on any atom is 0.162 e. The van der Waals surface area contributed by atoms with E-state index in [1.807, 2.05) is 6.92 Å². The van der Waals surface area contributed by atoms with Crippen LogP contribution in [0.25, 0.3) is 0 Å². The smallest absolute Gasteiger partial charge is 0.162 e. The van der Waals surface area contributed by atoms with Crippen molar-refractivity contribution in [2.75, 3.05) is 6.61 Å².